The number of carbonyl (C=O) groups excluding carboxylic acids is 2. The van der Waals surface area contributed by atoms with Crippen LogP contribution < -0.4 is 16.2 Å². The van der Waals surface area contributed by atoms with E-state index in [0.717, 1.165) is 16.1 Å². The number of nitrogens with two attached hydrogens (primary N) is 1. The lowest BCUT2D eigenvalue weighted by molar-refractivity contribution is -0.143. The third-order valence-electron chi connectivity index (χ3n) is 3.53. The lowest BCUT2D eigenvalue weighted by Gasteiger charge is -2.25. The van der Waals surface area contributed by atoms with Gasteiger partial charge in [0.05, 0.1) is 12.3 Å². The summed E-state index contributed by atoms with van der Waals surface area (Å²) in [5, 5.41) is 4.25. The second kappa shape index (κ2) is 10.7. The molecule has 0 unspecified atom stereocenters. The molecular formula is C20H31N3O4. The predicted octanol–water partition coefficient (Wildman–Crippen LogP) is 3.38. The van der Waals surface area contributed by atoms with E-state index in [2.05, 4.69) is 11.9 Å². The van der Waals surface area contributed by atoms with Crippen molar-refractivity contribution in [1.82, 2.24) is 5.32 Å². The quantitative estimate of drug-likeness (QED) is 0.225. The van der Waals surface area contributed by atoms with Gasteiger partial charge in [-0.25, -0.2) is 15.6 Å². The van der Waals surface area contributed by atoms with Gasteiger partial charge in [-0.1, -0.05) is 24.8 Å². The number of anilines is 1. The number of hydrogen-bond acceptors (Lipinski definition) is 6. The summed E-state index contributed by atoms with van der Waals surface area (Å²) >= 11 is 0. The van der Waals surface area contributed by atoms with Gasteiger partial charge < -0.3 is 14.8 Å². The molecule has 150 valence electrons. The molecule has 1 amide bonds. The number of nitrogens with one attached hydrogen (secondary N) is 1. The van der Waals surface area contributed by atoms with Gasteiger partial charge in [-0.3, -0.25) is 4.79 Å². The molecule has 27 heavy (non-hydrogen) atoms. The maximum Gasteiger partial charge on any atom is 0.429 e. The van der Waals surface area contributed by atoms with E-state index in [0.29, 0.717) is 38.2 Å². The van der Waals surface area contributed by atoms with Crippen molar-refractivity contribution in [2.24, 2.45) is 5.84 Å². The molecule has 0 aliphatic carbocycles. The summed E-state index contributed by atoms with van der Waals surface area (Å²) in [6, 6.07) is 5.60. The van der Waals surface area contributed by atoms with E-state index >= 15 is 0 Å². The van der Waals surface area contributed by atoms with Crippen molar-refractivity contribution >= 4 is 23.8 Å². The van der Waals surface area contributed by atoms with E-state index in [1.165, 1.54) is 0 Å². The summed E-state index contributed by atoms with van der Waals surface area (Å²) in [4.78, 5) is 23.5. The Labute approximate surface area is 161 Å². The topological polar surface area (TPSA) is 93.9 Å². The molecule has 3 N–H and O–H groups in total. The number of carbonyl (C=O) groups is 2. The molecule has 0 saturated heterocycles. The van der Waals surface area contributed by atoms with Crippen molar-refractivity contribution < 1.29 is 19.1 Å². The van der Waals surface area contributed by atoms with Crippen molar-refractivity contribution in [3.05, 3.63) is 35.9 Å². The van der Waals surface area contributed by atoms with Crippen LogP contribution in [-0.4, -0.2) is 30.8 Å². The Morgan fingerprint density at radius 1 is 1.33 bits per heavy atom. The van der Waals surface area contributed by atoms with Gasteiger partial charge in [0.25, 0.3) is 0 Å². The van der Waals surface area contributed by atoms with Crippen LogP contribution in [0.1, 0.15) is 51.7 Å². The van der Waals surface area contributed by atoms with Crippen LogP contribution in [0.25, 0.3) is 6.08 Å². The van der Waals surface area contributed by atoms with Gasteiger partial charge in [-0.05, 0) is 57.9 Å². The van der Waals surface area contributed by atoms with Gasteiger partial charge in [0, 0.05) is 13.0 Å². The summed E-state index contributed by atoms with van der Waals surface area (Å²) in [7, 11) is 0. The van der Waals surface area contributed by atoms with E-state index in [9.17, 15) is 9.59 Å². The molecule has 7 heteroatoms. The Bertz CT molecular complexity index is 653. The van der Waals surface area contributed by atoms with Crippen molar-refractivity contribution in [2.45, 2.75) is 52.7 Å². The largest absolute Gasteiger partial charge is 0.466 e. The molecule has 0 aliphatic heterocycles. The Hall–Kier alpha value is -2.38. The average molecular weight is 377 g/mol. The van der Waals surface area contributed by atoms with Gasteiger partial charge in [0.2, 0.25) is 0 Å². The molecular weight excluding hydrogens is 346 g/mol. The number of rotatable bonds is 9. The van der Waals surface area contributed by atoms with Gasteiger partial charge in [0.15, 0.2) is 0 Å². The molecule has 0 saturated carbocycles. The van der Waals surface area contributed by atoms with Crippen LogP contribution in [0, 0.1) is 0 Å². The monoisotopic (exact) mass is 377 g/mol. The molecule has 1 aromatic carbocycles. The van der Waals surface area contributed by atoms with Crippen LogP contribution >= 0.6 is 0 Å². The van der Waals surface area contributed by atoms with Gasteiger partial charge >= 0.3 is 12.1 Å². The molecule has 0 aromatic heterocycles. The zero-order valence-corrected chi connectivity index (χ0v) is 16.7. The Morgan fingerprint density at radius 2 is 2.04 bits per heavy atom. The zero-order chi connectivity index (χ0) is 20.4. The fourth-order valence-corrected chi connectivity index (χ4v) is 2.31. The molecule has 0 spiro atoms. The summed E-state index contributed by atoms with van der Waals surface area (Å²) in [5.74, 6) is 5.78. The minimum Gasteiger partial charge on any atom is -0.466 e. The number of ether oxygens (including phenoxy) is 2. The number of nitrogens with zero attached hydrogens (tertiary/aromatic N) is 1. The molecule has 1 rings (SSSR count). The van der Waals surface area contributed by atoms with E-state index in [1.807, 2.05) is 18.2 Å². The molecule has 0 aliphatic rings. The predicted molar refractivity (Wildman–Crippen MR) is 107 cm³/mol. The third-order valence-corrected chi connectivity index (χ3v) is 3.53. The highest BCUT2D eigenvalue weighted by Gasteiger charge is 2.22. The highest BCUT2D eigenvalue weighted by atomic mass is 16.6. The number of hydrazine groups is 1. The van der Waals surface area contributed by atoms with Crippen LogP contribution in [0.4, 0.5) is 10.5 Å². The number of hydrogen-bond donors (Lipinski definition) is 2. The standard InChI is InChI=1S/C20H31N3O4/c1-6-16-11-10-15(14-22-12-8-9-18(24)26-7-2)13-17(16)23(21)19(25)27-20(3,4)5/h6,10-11,13,22H,1,7-9,12,14,21H2,2-5H3. The van der Waals surface area contributed by atoms with Crippen LogP contribution in [-0.2, 0) is 20.8 Å². The van der Waals surface area contributed by atoms with Crippen molar-refractivity contribution in [1.29, 1.82) is 0 Å². The maximum atomic E-state index is 12.2. The van der Waals surface area contributed by atoms with E-state index in [4.69, 9.17) is 15.3 Å². The maximum absolute atomic E-state index is 12.2. The first kappa shape index (κ1) is 22.7. The highest BCUT2D eigenvalue weighted by molar-refractivity contribution is 5.89. The lowest BCUT2D eigenvalue weighted by Crippen LogP contribution is -2.42. The Morgan fingerprint density at radius 3 is 2.63 bits per heavy atom. The third kappa shape index (κ3) is 8.23. The normalized spacial score (nSPS) is 11.0. The Balaban J connectivity index is 2.68. The first-order valence-corrected chi connectivity index (χ1v) is 9.07. The average Bonchev–Trinajstić information content (AvgIpc) is 2.59. The van der Waals surface area contributed by atoms with Gasteiger partial charge in [-0.15, -0.1) is 0 Å². The summed E-state index contributed by atoms with van der Waals surface area (Å²) in [6.07, 6.45) is 2.08. The SMILES string of the molecule is C=Cc1ccc(CNCCCC(=O)OCC)cc1N(N)C(=O)OC(C)(C)C. The Kier molecular flexibility index (Phi) is 8.97. The second-order valence-electron chi connectivity index (χ2n) is 7.03. The van der Waals surface area contributed by atoms with Crippen LogP contribution in [0.2, 0.25) is 0 Å². The number of amides is 1. The molecule has 0 fully saturated rings. The first-order valence-electron chi connectivity index (χ1n) is 9.07. The smallest absolute Gasteiger partial charge is 0.429 e. The van der Waals surface area contributed by atoms with E-state index in [-0.39, 0.29) is 5.97 Å². The summed E-state index contributed by atoms with van der Waals surface area (Å²) in [6.45, 7) is 12.6. The van der Waals surface area contributed by atoms with E-state index < -0.39 is 11.7 Å². The van der Waals surface area contributed by atoms with Crippen LogP contribution in [0.3, 0.4) is 0 Å². The first-order chi connectivity index (χ1) is 12.7. The fraction of sp³-hybridized carbons (Fsp3) is 0.500. The minimum absolute atomic E-state index is 0.187. The van der Waals surface area contributed by atoms with Gasteiger partial charge in [-0.2, -0.15) is 0 Å². The van der Waals surface area contributed by atoms with Crippen LogP contribution in [0.15, 0.2) is 24.8 Å². The summed E-state index contributed by atoms with van der Waals surface area (Å²) < 4.78 is 10.2. The van der Waals surface area contributed by atoms with E-state index in [1.54, 1.807) is 33.8 Å². The molecule has 7 nitrogen and oxygen atoms in total. The molecule has 0 heterocycles. The second-order valence-corrected chi connectivity index (χ2v) is 7.03. The lowest BCUT2D eigenvalue weighted by atomic mass is 10.1. The van der Waals surface area contributed by atoms with Crippen molar-refractivity contribution in [2.75, 3.05) is 18.2 Å². The van der Waals surface area contributed by atoms with Gasteiger partial charge in [0.1, 0.15) is 5.60 Å². The zero-order valence-electron chi connectivity index (χ0n) is 16.7. The molecule has 0 bridgehead atoms. The van der Waals surface area contributed by atoms with Crippen molar-refractivity contribution in [3.8, 4) is 0 Å². The molecule has 1 aromatic rings. The number of benzene rings is 1. The summed E-state index contributed by atoms with van der Waals surface area (Å²) in [5.41, 5.74) is 1.56. The number of esters is 1. The highest BCUT2D eigenvalue weighted by Crippen LogP contribution is 2.23. The fourth-order valence-electron chi connectivity index (χ4n) is 2.31. The molecule has 0 radical (unpaired) electrons. The minimum atomic E-state index is -0.638. The van der Waals surface area contributed by atoms with Crippen LogP contribution in [0.5, 0.6) is 0 Å². The molecule has 0 atom stereocenters. The van der Waals surface area contributed by atoms with Crippen molar-refractivity contribution in [3.63, 3.8) is 0 Å².